The average molecular weight is 401 g/mol. The second-order valence-corrected chi connectivity index (χ2v) is 7.77. The first-order chi connectivity index (χ1) is 13.4. The van der Waals surface area contributed by atoms with Crippen LogP contribution in [-0.2, 0) is 14.3 Å². The molecule has 2 aromatic carbocycles. The molecule has 0 aromatic heterocycles. The number of rotatable bonds is 6. The van der Waals surface area contributed by atoms with Gasteiger partial charge in [-0.2, -0.15) is 0 Å². The minimum absolute atomic E-state index is 0.0755. The number of carbonyl (C=O) groups excluding carboxylic acids is 2. The van der Waals surface area contributed by atoms with Crippen molar-refractivity contribution >= 4 is 34.8 Å². The van der Waals surface area contributed by atoms with Crippen LogP contribution < -0.4 is 10.6 Å². The van der Waals surface area contributed by atoms with Gasteiger partial charge in [-0.25, -0.2) is 0 Å². The van der Waals surface area contributed by atoms with E-state index in [4.69, 9.17) is 16.3 Å². The lowest BCUT2D eigenvalue weighted by atomic mass is 9.87. The van der Waals surface area contributed by atoms with Crippen molar-refractivity contribution in [3.63, 3.8) is 0 Å². The lowest BCUT2D eigenvalue weighted by molar-refractivity contribution is -0.124. The van der Waals surface area contributed by atoms with Gasteiger partial charge in [0.1, 0.15) is 6.10 Å². The Labute approximate surface area is 170 Å². The molecule has 2 amide bonds. The van der Waals surface area contributed by atoms with Gasteiger partial charge in [0.2, 0.25) is 5.91 Å². The maximum atomic E-state index is 12.8. The van der Waals surface area contributed by atoms with Gasteiger partial charge in [-0.1, -0.05) is 37.6 Å². The molecule has 2 atom stereocenters. The normalized spacial score (nSPS) is 17.4. The number of amides is 2. The molecule has 1 heterocycles. The van der Waals surface area contributed by atoms with Gasteiger partial charge in [-0.15, -0.1) is 0 Å². The Bertz CT molecular complexity index is 813. The first kappa shape index (κ1) is 20.4. The highest BCUT2D eigenvalue weighted by atomic mass is 35.5. The fraction of sp³-hybridized carbons (Fsp3) is 0.364. The van der Waals surface area contributed by atoms with Crippen molar-refractivity contribution in [2.75, 3.05) is 17.2 Å². The SMILES string of the molecule is CC(C)C(C(=O)Nc1ccc(NC(=O)C2CCCO2)cc1)c1ccc(Cl)cc1. The van der Waals surface area contributed by atoms with Crippen LogP contribution in [0.2, 0.25) is 5.02 Å². The van der Waals surface area contributed by atoms with E-state index in [1.807, 2.05) is 26.0 Å². The zero-order valence-electron chi connectivity index (χ0n) is 16.1. The molecule has 6 heteroatoms. The van der Waals surface area contributed by atoms with Crippen molar-refractivity contribution < 1.29 is 14.3 Å². The van der Waals surface area contributed by atoms with Crippen LogP contribution in [0.5, 0.6) is 0 Å². The lowest BCUT2D eigenvalue weighted by Crippen LogP contribution is -2.27. The van der Waals surface area contributed by atoms with E-state index in [0.717, 1.165) is 18.4 Å². The van der Waals surface area contributed by atoms with Crippen LogP contribution in [0.1, 0.15) is 38.2 Å². The van der Waals surface area contributed by atoms with E-state index in [1.54, 1.807) is 36.4 Å². The standard InChI is InChI=1S/C22H25ClN2O3/c1-14(2)20(15-5-7-16(23)8-6-15)22(27)25-18-11-9-17(10-12-18)24-21(26)19-4-3-13-28-19/h5-12,14,19-20H,3-4,13H2,1-2H3,(H,24,26)(H,25,27). The van der Waals surface area contributed by atoms with Crippen molar-refractivity contribution in [1.29, 1.82) is 0 Å². The molecule has 2 N–H and O–H groups in total. The monoisotopic (exact) mass is 400 g/mol. The maximum absolute atomic E-state index is 12.8. The number of carbonyl (C=O) groups is 2. The number of nitrogens with one attached hydrogen (secondary N) is 2. The number of benzene rings is 2. The molecule has 0 radical (unpaired) electrons. The number of hydrogen-bond donors (Lipinski definition) is 2. The van der Waals surface area contributed by atoms with Gasteiger partial charge in [0.05, 0.1) is 5.92 Å². The summed E-state index contributed by atoms with van der Waals surface area (Å²) in [5, 5.41) is 6.46. The van der Waals surface area contributed by atoms with Gasteiger partial charge >= 0.3 is 0 Å². The van der Waals surface area contributed by atoms with E-state index in [9.17, 15) is 9.59 Å². The van der Waals surface area contributed by atoms with Crippen LogP contribution in [0.3, 0.4) is 0 Å². The molecule has 0 saturated carbocycles. The van der Waals surface area contributed by atoms with Crippen LogP contribution in [0, 0.1) is 5.92 Å². The van der Waals surface area contributed by atoms with E-state index in [-0.39, 0.29) is 29.8 Å². The largest absolute Gasteiger partial charge is 0.368 e. The minimum atomic E-state index is -0.370. The molecule has 1 saturated heterocycles. The highest BCUT2D eigenvalue weighted by Gasteiger charge is 2.25. The Morgan fingerprint density at radius 3 is 2.14 bits per heavy atom. The van der Waals surface area contributed by atoms with Gasteiger partial charge < -0.3 is 15.4 Å². The predicted molar refractivity (Wildman–Crippen MR) is 112 cm³/mol. The zero-order chi connectivity index (χ0) is 20.1. The number of hydrogen-bond acceptors (Lipinski definition) is 3. The molecule has 1 fully saturated rings. The summed E-state index contributed by atoms with van der Waals surface area (Å²) < 4.78 is 5.38. The second-order valence-electron chi connectivity index (χ2n) is 7.33. The molecule has 0 bridgehead atoms. The van der Waals surface area contributed by atoms with E-state index in [2.05, 4.69) is 10.6 Å². The summed E-state index contributed by atoms with van der Waals surface area (Å²) in [7, 11) is 0. The smallest absolute Gasteiger partial charge is 0.253 e. The molecule has 28 heavy (non-hydrogen) atoms. The molecular weight excluding hydrogens is 376 g/mol. The molecule has 1 aliphatic rings. The summed E-state index contributed by atoms with van der Waals surface area (Å²) in [5.41, 5.74) is 2.29. The third-order valence-corrected chi connectivity index (χ3v) is 5.07. The summed E-state index contributed by atoms with van der Waals surface area (Å²) in [6.45, 7) is 4.67. The van der Waals surface area contributed by atoms with Crippen molar-refractivity contribution in [3.05, 3.63) is 59.1 Å². The average Bonchev–Trinajstić information content (AvgIpc) is 3.20. The Kier molecular flexibility index (Phi) is 6.70. The molecule has 0 aliphatic carbocycles. The molecule has 1 aliphatic heterocycles. The Balaban J connectivity index is 1.64. The van der Waals surface area contributed by atoms with Crippen molar-refractivity contribution in [2.24, 2.45) is 5.92 Å². The molecule has 3 rings (SSSR count). The summed E-state index contributed by atoms with van der Waals surface area (Å²) in [5.74, 6) is -0.354. The van der Waals surface area contributed by atoms with Gasteiger partial charge in [-0.05, 0) is 60.7 Å². The Morgan fingerprint density at radius 2 is 1.61 bits per heavy atom. The quantitative estimate of drug-likeness (QED) is 0.729. The third-order valence-electron chi connectivity index (χ3n) is 4.82. The minimum Gasteiger partial charge on any atom is -0.368 e. The Hall–Kier alpha value is -2.37. The number of ether oxygens (including phenoxy) is 1. The topological polar surface area (TPSA) is 67.4 Å². The zero-order valence-corrected chi connectivity index (χ0v) is 16.8. The van der Waals surface area contributed by atoms with E-state index in [0.29, 0.717) is 23.0 Å². The van der Waals surface area contributed by atoms with E-state index in [1.165, 1.54) is 0 Å². The maximum Gasteiger partial charge on any atom is 0.253 e. The van der Waals surface area contributed by atoms with Crippen molar-refractivity contribution in [3.8, 4) is 0 Å². The molecule has 2 unspecified atom stereocenters. The molecule has 5 nitrogen and oxygen atoms in total. The molecular formula is C22H25ClN2O3. The van der Waals surface area contributed by atoms with Gasteiger partial charge in [0, 0.05) is 23.0 Å². The second kappa shape index (κ2) is 9.22. The van der Waals surface area contributed by atoms with E-state index < -0.39 is 0 Å². The summed E-state index contributed by atoms with van der Waals surface area (Å²) >= 11 is 5.96. The van der Waals surface area contributed by atoms with Crippen LogP contribution >= 0.6 is 11.6 Å². The van der Waals surface area contributed by atoms with E-state index >= 15 is 0 Å². The first-order valence-corrected chi connectivity index (χ1v) is 9.90. The van der Waals surface area contributed by atoms with Gasteiger partial charge in [0.15, 0.2) is 0 Å². The number of halogens is 1. The highest BCUT2D eigenvalue weighted by Crippen LogP contribution is 2.27. The highest BCUT2D eigenvalue weighted by molar-refractivity contribution is 6.30. The fourth-order valence-electron chi connectivity index (χ4n) is 3.37. The van der Waals surface area contributed by atoms with Gasteiger partial charge in [-0.3, -0.25) is 9.59 Å². The summed E-state index contributed by atoms with van der Waals surface area (Å²) in [6.07, 6.45) is 1.29. The van der Waals surface area contributed by atoms with Crippen LogP contribution in [-0.4, -0.2) is 24.5 Å². The first-order valence-electron chi connectivity index (χ1n) is 9.53. The van der Waals surface area contributed by atoms with Crippen LogP contribution in [0.25, 0.3) is 0 Å². The van der Waals surface area contributed by atoms with Crippen molar-refractivity contribution in [1.82, 2.24) is 0 Å². The molecule has 148 valence electrons. The molecule has 0 spiro atoms. The van der Waals surface area contributed by atoms with Crippen LogP contribution in [0.4, 0.5) is 11.4 Å². The third kappa shape index (κ3) is 5.12. The predicted octanol–water partition coefficient (Wildman–Crippen LogP) is 4.84. The fourth-order valence-corrected chi connectivity index (χ4v) is 3.50. The summed E-state index contributed by atoms with van der Waals surface area (Å²) in [4.78, 5) is 25.0. The lowest BCUT2D eigenvalue weighted by Gasteiger charge is -2.21. The van der Waals surface area contributed by atoms with Crippen LogP contribution in [0.15, 0.2) is 48.5 Å². The number of anilines is 2. The Morgan fingerprint density at radius 1 is 1.00 bits per heavy atom. The molecule has 2 aromatic rings. The summed E-state index contributed by atoms with van der Waals surface area (Å²) in [6, 6.07) is 14.5. The van der Waals surface area contributed by atoms with Crippen molar-refractivity contribution in [2.45, 2.75) is 38.7 Å². The van der Waals surface area contributed by atoms with Gasteiger partial charge in [0.25, 0.3) is 5.91 Å².